The van der Waals surface area contributed by atoms with E-state index in [-0.39, 0.29) is 5.91 Å². The predicted octanol–water partition coefficient (Wildman–Crippen LogP) is 2.81. The fraction of sp³-hybridized carbons (Fsp3) is 0.500. The standard InChI is InChI=1S/C20H28N4O/c1-4-18-15(3)19(23-22-18)20(25)21-10-12-24-11-9-16(13-24)17-8-6-5-7-14(17)2/h5-8,16H,4,9-13H2,1-3H3,(H,21,25)(H,22,23)/t16-/m1/s1. The van der Waals surface area contributed by atoms with Crippen LogP contribution in [0.2, 0.25) is 0 Å². The van der Waals surface area contributed by atoms with Crippen molar-refractivity contribution in [3.05, 3.63) is 52.3 Å². The first kappa shape index (κ1) is 17.7. The lowest BCUT2D eigenvalue weighted by atomic mass is 9.94. The summed E-state index contributed by atoms with van der Waals surface area (Å²) in [4.78, 5) is 14.7. The lowest BCUT2D eigenvalue weighted by Gasteiger charge is -2.17. The van der Waals surface area contributed by atoms with E-state index < -0.39 is 0 Å². The molecule has 0 unspecified atom stereocenters. The van der Waals surface area contributed by atoms with E-state index in [1.165, 1.54) is 17.5 Å². The number of benzene rings is 1. The highest BCUT2D eigenvalue weighted by Gasteiger charge is 2.24. The lowest BCUT2D eigenvalue weighted by molar-refractivity contribution is 0.0944. The van der Waals surface area contributed by atoms with E-state index in [4.69, 9.17) is 0 Å². The van der Waals surface area contributed by atoms with Crippen molar-refractivity contribution in [3.63, 3.8) is 0 Å². The van der Waals surface area contributed by atoms with Crippen molar-refractivity contribution in [1.82, 2.24) is 20.4 Å². The maximum Gasteiger partial charge on any atom is 0.272 e. The van der Waals surface area contributed by atoms with Crippen LogP contribution in [0, 0.1) is 13.8 Å². The summed E-state index contributed by atoms with van der Waals surface area (Å²) < 4.78 is 0. The summed E-state index contributed by atoms with van der Waals surface area (Å²) >= 11 is 0. The van der Waals surface area contributed by atoms with Crippen LogP contribution in [0.5, 0.6) is 0 Å². The van der Waals surface area contributed by atoms with Crippen LogP contribution in [0.1, 0.15) is 52.1 Å². The zero-order valence-electron chi connectivity index (χ0n) is 15.4. The average Bonchev–Trinajstić information content (AvgIpc) is 3.22. The van der Waals surface area contributed by atoms with Crippen LogP contribution in [-0.2, 0) is 6.42 Å². The van der Waals surface area contributed by atoms with Crippen LogP contribution in [0.4, 0.5) is 0 Å². The van der Waals surface area contributed by atoms with Gasteiger partial charge >= 0.3 is 0 Å². The summed E-state index contributed by atoms with van der Waals surface area (Å²) in [6.45, 7) is 9.91. The molecule has 2 aromatic rings. The van der Waals surface area contributed by atoms with E-state index in [2.05, 4.69) is 58.5 Å². The normalized spacial score (nSPS) is 17.8. The molecule has 0 spiro atoms. The van der Waals surface area contributed by atoms with Crippen LogP contribution >= 0.6 is 0 Å². The van der Waals surface area contributed by atoms with Crippen LogP contribution in [0.3, 0.4) is 0 Å². The van der Waals surface area contributed by atoms with Crippen LogP contribution in [0.25, 0.3) is 0 Å². The summed E-state index contributed by atoms with van der Waals surface area (Å²) in [6, 6.07) is 8.66. The minimum atomic E-state index is -0.0805. The second-order valence-electron chi connectivity index (χ2n) is 6.93. The monoisotopic (exact) mass is 340 g/mol. The van der Waals surface area contributed by atoms with Gasteiger partial charge in [0.1, 0.15) is 0 Å². The smallest absolute Gasteiger partial charge is 0.272 e. The molecular formula is C20H28N4O. The molecule has 0 radical (unpaired) electrons. The zero-order valence-corrected chi connectivity index (χ0v) is 15.4. The molecule has 0 bridgehead atoms. The molecule has 0 aliphatic carbocycles. The predicted molar refractivity (Wildman–Crippen MR) is 100 cm³/mol. The number of amides is 1. The molecule has 1 aromatic carbocycles. The van der Waals surface area contributed by atoms with Crippen molar-refractivity contribution in [3.8, 4) is 0 Å². The van der Waals surface area contributed by atoms with Gasteiger partial charge in [0.2, 0.25) is 0 Å². The van der Waals surface area contributed by atoms with Gasteiger partial charge in [-0.2, -0.15) is 5.10 Å². The molecule has 1 amide bonds. The maximum atomic E-state index is 12.3. The Hall–Kier alpha value is -2.14. The van der Waals surface area contributed by atoms with E-state index in [9.17, 15) is 4.79 Å². The molecule has 3 rings (SSSR count). The Balaban J connectivity index is 1.48. The summed E-state index contributed by atoms with van der Waals surface area (Å²) in [5.41, 5.74) is 5.36. The minimum Gasteiger partial charge on any atom is -0.349 e. The molecule has 5 nitrogen and oxygen atoms in total. The Bertz CT molecular complexity index is 737. The number of carbonyl (C=O) groups is 1. The molecule has 1 saturated heterocycles. The molecular weight excluding hydrogens is 312 g/mol. The van der Waals surface area contributed by atoms with Gasteiger partial charge in [-0.05, 0) is 50.3 Å². The summed E-state index contributed by atoms with van der Waals surface area (Å²) in [5, 5.41) is 10.1. The highest BCUT2D eigenvalue weighted by atomic mass is 16.1. The van der Waals surface area contributed by atoms with Crippen molar-refractivity contribution < 1.29 is 4.79 Å². The van der Waals surface area contributed by atoms with Crippen LogP contribution in [-0.4, -0.2) is 47.2 Å². The molecule has 5 heteroatoms. The summed E-state index contributed by atoms with van der Waals surface area (Å²) in [5.74, 6) is 0.528. The van der Waals surface area contributed by atoms with Gasteiger partial charge in [0.15, 0.2) is 5.69 Å². The number of aromatic amines is 1. The number of nitrogens with zero attached hydrogens (tertiary/aromatic N) is 2. The van der Waals surface area contributed by atoms with Crippen LogP contribution in [0.15, 0.2) is 24.3 Å². The number of aryl methyl sites for hydroxylation is 2. The van der Waals surface area contributed by atoms with E-state index in [0.29, 0.717) is 18.2 Å². The van der Waals surface area contributed by atoms with Gasteiger partial charge in [0.25, 0.3) is 5.91 Å². The van der Waals surface area contributed by atoms with Crippen molar-refractivity contribution in [2.75, 3.05) is 26.2 Å². The Morgan fingerprint density at radius 3 is 2.88 bits per heavy atom. The van der Waals surface area contributed by atoms with Gasteiger partial charge in [0, 0.05) is 30.9 Å². The molecule has 1 aliphatic heterocycles. The number of hydrogen-bond donors (Lipinski definition) is 2. The van der Waals surface area contributed by atoms with Crippen molar-refractivity contribution >= 4 is 5.91 Å². The second-order valence-corrected chi connectivity index (χ2v) is 6.93. The van der Waals surface area contributed by atoms with Gasteiger partial charge in [-0.1, -0.05) is 31.2 Å². The minimum absolute atomic E-state index is 0.0805. The third kappa shape index (κ3) is 3.93. The molecule has 1 aromatic heterocycles. The number of carbonyl (C=O) groups excluding carboxylic acids is 1. The Kier molecular flexibility index (Phi) is 5.53. The Labute approximate surface area is 149 Å². The largest absolute Gasteiger partial charge is 0.349 e. The first-order chi connectivity index (χ1) is 12.1. The van der Waals surface area contributed by atoms with Gasteiger partial charge in [0.05, 0.1) is 0 Å². The second kappa shape index (κ2) is 7.83. The SMILES string of the molecule is CCc1[nH]nc(C(=O)NCCN2CC[C@@H](c3ccccc3C)C2)c1C. The number of hydrogen-bond acceptors (Lipinski definition) is 3. The third-order valence-corrected chi connectivity index (χ3v) is 5.29. The average molecular weight is 340 g/mol. The molecule has 2 N–H and O–H groups in total. The fourth-order valence-corrected chi connectivity index (χ4v) is 3.75. The summed E-state index contributed by atoms with van der Waals surface area (Å²) in [7, 11) is 0. The van der Waals surface area contributed by atoms with Gasteiger partial charge in [-0.15, -0.1) is 0 Å². The lowest BCUT2D eigenvalue weighted by Crippen LogP contribution is -2.34. The molecule has 134 valence electrons. The quantitative estimate of drug-likeness (QED) is 0.850. The van der Waals surface area contributed by atoms with E-state index in [1.54, 1.807) is 0 Å². The van der Waals surface area contributed by atoms with E-state index >= 15 is 0 Å². The Morgan fingerprint density at radius 2 is 2.16 bits per heavy atom. The highest BCUT2D eigenvalue weighted by molar-refractivity contribution is 5.93. The third-order valence-electron chi connectivity index (χ3n) is 5.29. The van der Waals surface area contributed by atoms with Crippen LogP contribution < -0.4 is 5.32 Å². The number of H-pyrrole nitrogens is 1. The number of aromatic nitrogens is 2. The number of rotatable bonds is 6. The van der Waals surface area contributed by atoms with Gasteiger partial charge < -0.3 is 10.2 Å². The van der Waals surface area contributed by atoms with Crippen molar-refractivity contribution in [1.29, 1.82) is 0 Å². The molecule has 1 atom stereocenters. The van der Waals surface area contributed by atoms with E-state index in [1.807, 2.05) is 6.92 Å². The van der Waals surface area contributed by atoms with E-state index in [0.717, 1.165) is 37.3 Å². The molecule has 1 fully saturated rings. The van der Waals surface area contributed by atoms with Crippen molar-refractivity contribution in [2.24, 2.45) is 0 Å². The van der Waals surface area contributed by atoms with Gasteiger partial charge in [-0.3, -0.25) is 9.89 Å². The number of nitrogens with one attached hydrogen (secondary N) is 2. The molecule has 25 heavy (non-hydrogen) atoms. The number of likely N-dealkylation sites (tertiary alicyclic amines) is 1. The molecule has 2 heterocycles. The Morgan fingerprint density at radius 1 is 1.36 bits per heavy atom. The van der Waals surface area contributed by atoms with Gasteiger partial charge in [-0.25, -0.2) is 0 Å². The zero-order chi connectivity index (χ0) is 17.8. The summed E-state index contributed by atoms with van der Waals surface area (Å²) in [6.07, 6.45) is 2.05. The topological polar surface area (TPSA) is 61.0 Å². The van der Waals surface area contributed by atoms with Crippen molar-refractivity contribution in [2.45, 2.75) is 39.5 Å². The highest BCUT2D eigenvalue weighted by Crippen LogP contribution is 2.28. The fourth-order valence-electron chi connectivity index (χ4n) is 3.75. The molecule has 1 aliphatic rings. The maximum absolute atomic E-state index is 12.3. The first-order valence-electron chi connectivity index (χ1n) is 9.20. The molecule has 0 saturated carbocycles. The first-order valence-corrected chi connectivity index (χ1v) is 9.20.